The Labute approximate surface area is 183 Å². The molecule has 1 fully saturated rings. The van der Waals surface area contributed by atoms with Crippen LogP contribution in [0.1, 0.15) is 46.1 Å². The number of nitrogens with one attached hydrogen (secondary N) is 2. The Kier molecular flexibility index (Phi) is 4.62. The van der Waals surface area contributed by atoms with E-state index in [4.69, 9.17) is 5.73 Å². The van der Waals surface area contributed by atoms with Crippen molar-refractivity contribution >= 4 is 34.7 Å². The van der Waals surface area contributed by atoms with E-state index in [0.717, 1.165) is 24.2 Å². The minimum Gasteiger partial charge on any atom is -0.382 e. The van der Waals surface area contributed by atoms with Crippen LogP contribution in [0.25, 0.3) is 5.52 Å². The van der Waals surface area contributed by atoms with Crippen molar-refractivity contribution in [1.29, 1.82) is 0 Å². The summed E-state index contributed by atoms with van der Waals surface area (Å²) in [6, 6.07) is 9.95. The molecule has 32 heavy (non-hydrogen) atoms. The number of benzene rings is 1. The summed E-state index contributed by atoms with van der Waals surface area (Å²) < 4.78 is 3.25. The maximum absolute atomic E-state index is 13.2. The van der Waals surface area contributed by atoms with Gasteiger partial charge in [0, 0.05) is 36.0 Å². The summed E-state index contributed by atoms with van der Waals surface area (Å²) in [4.78, 5) is 29.7. The molecule has 4 N–H and O–H groups in total. The van der Waals surface area contributed by atoms with Crippen molar-refractivity contribution in [3.8, 4) is 0 Å². The second-order valence-corrected chi connectivity index (χ2v) is 7.95. The van der Waals surface area contributed by atoms with E-state index in [1.807, 2.05) is 13.0 Å². The van der Waals surface area contributed by atoms with Crippen LogP contribution in [-0.4, -0.2) is 36.2 Å². The summed E-state index contributed by atoms with van der Waals surface area (Å²) in [5.74, 6) is 1.10. The highest BCUT2D eigenvalue weighted by atomic mass is 16.2. The van der Waals surface area contributed by atoms with Crippen LogP contribution < -0.4 is 16.4 Å². The summed E-state index contributed by atoms with van der Waals surface area (Å²) in [5.41, 5.74) is 9.53. The molecule has 0 saturated heterocycles. The molecule has 4 aromatic rings. The first kappa shape index (κ1) is 19.7. The van der Waals surface area contributed by atoms with Gasteiger partial charge in [-0.1, -0.05) is 12.1 Å². The molecule has 1 aromatic carbocycles. The smallest absolute Gasteiger partial charge is 0.324 e. The maximum atomic E-state index is 13.2. The number of carbonyl (C=O) groups is 2. The predicted octanol–water partition coefficient (Wildman–Crippen LogP) is 3.11. The van der Waals surface area contributed by atoms with Gasteiger partial charge in [-0.15, -0.1) is 0 Å². The fourth-order valence-electron chi connectivity index (χ4n) is 3.76. The summed E-state index contributed by atoms with van der Waals surface area (Å²) in [7, 11) is 1.79. The number of anilines is 3. The Morgan fingerprint density at radius 1 is 1.16 bits per heavy atom. The Hall–Kier alpha value is -4.21. The lowest BCUT2D eigenvalue weighted by molar-refractivity contribution is 0.104. The lowest BCUT2D eigenvalue weighted by atomic mass is 10.0. The molecule has 0 atom stereocenters. The number of urea groups is 1. The van der Waals surface area contributed by atoms with Gasteiger partial charge >= 0.3 is 6.03 Å². The normalized spacial score (nSPS) is 13.3. The number of aryl methyl sites for hydroxylation is 2. The van der Waals surface area contributed by atoms with E-state index in [-0.39, 0.29) is 11.6 Å². The number of carbonyl (C=O) groups excluding carboxylic acids is 2. The number of hydrogen-bond donors (Lipinski definition) is 3. The van der Waals surface area contributed by atoms with Gasteiger partial charge < -0.3 is 11.1 Å². The molecule has 10 nitrogen and oxygen atoms in total. The van der Waals surface area contributed by atoms with Gasteiger partial charge in [0.15, 0.2) is 11.6 Å². The summed E-state index contributed by atoms with van der Waals surface area (Å²) in [6.45, 7) is 1.84. The number of ketones is 1. The Bertz CT molecular complexity index is 1370. The monoisotopic (exact) mass is 430 g/mol. The van der Waals surface area contributed by atoms with Gasteiger partial charge in [-0.25, -0.2) is 14.3 Å². The Morgan fingerprint density at radius 3 is 2.75 bits per heavy atom. The third-order valence-electron chi connectivity index (χ3n) is 5.52. The molecule has 5 rings (SSSR count). The van der Waals surface area contributed by atoms with Crippen LogP contribution in [0.2, 0.25) is 0 Å². The van der Waals surface area contributed by atoms with Crippen molar-refractivity contribution < 1.29 is 9.59 Å². The molecule has 0 unspecified atom stereocenters. The van der Waals surface area contributed by atoms with E-state index in [1.165, 1.54) is 6.33 Å². The predicted molar refractivity (Wildman–Crippen MR) is 120 cm³/mol. The second kappa shape index (κ2) is 7.49. The number of nitrogens with two attached hydrogens (primary N) is 1. The Balaban J connectivity index is 1.36. The molecule has 0 aliphatic heterocycles. The molecule has 0 spiro atoms. The fourth-order valence-corrected chi connectivity index (χ4v) is 3.76. The van der Waals surface area contributed by atoms with Gasteiger partial charge in [-0.05, 0) is 38.0 Å². The van der Waals surface area contributed by atoms with Gasteiger partial charge in [0.1, 0.15) is 17.7 Å². The van der Waals surface area contributed by atoms with E-state index in [1.54, 1.807) is 46.6 Å². The SMILES string of the molecule is Cc1cc(C(=O)c2cccc(NC(=O)Nc3cc(C4CC4)nn3C)c2)c2c(N)ncnn12. The quantitative estimate of drug-likeness (QED) is 0.417. The average Bonchev–Trinajstić information content (AvgIpc) is 3.48. The van der Waals surface area contributed by atoms with Crippen molar-refractivity contribution in [2.45, 2.75) is 25.7 Å². The molecule has 3 aromatic heterocycles. The van der Waals surface area contributed by atoms with Crippen molar-refractivity contribution in [3.05, 3.63) is 65.2 Å². The molecule has 0 bridgehead atoms. The minimum absolute atomic E-state index is 0.229. The largest absolute Gasteiger partial charge is 0.382 e. The van der Waals surface area contributed by atoms with E-state index < -0.39 is 6.03 Å². The van der Waals surface area contributed by atoms with Gasteiger partial charge in [0.05, 0.1) is 11.3 Å². The standard InChI is InChI=1S/C22H22N8O2/c1-12-8-16(19-21(23)24-11-25-30(12)19)20(31)14-4-3-5-15(9-14)26-22(32)27-18-10-17(13-6-7-13)28-29(18)2/h3-5,8-11,13H,6-7H2,1-2H3,(H2,23,24,25)(H2,26,27,32). The van der Waals surface area contributed by atoms with Gasteiger partial charge in [-0.2, -0.15) is 10.2 Å². The summed E-state index contributed by atoms with van der Waals surface area (Å²) >= 11 is 0. The number of amides is 2. The van der Waals surface area contributed by atoms with Crippen molar-refractivity contribution in [3.63, 3.8) is 0 Å². The fraction of sp³-hybridized carbons (Fsp3) is 0.227. The van der Waals surface area contributed by atoms with Crippen LogP contribution in [0.5, 0.6) is 0 Å². The third kappa shape index (κ3) is 3.55. The zero-order chi connectivity index (χ0) is 22.4. The molecular formula is C22H22N8O2. The molecule has 162 valence electrons. The highest BCUT2D eigenvalue weighted by Gasteiger charge is 2.27. The van der Waals surface area contributed by atoms with E-state index >= 15 is 0 Å². The first-order chi connectivity index (χ1) is 15.4. The topological polar surface area (TPSA) is 132 Å². The van der Waals surface area contributed by atoms with Crippen LogP contribution in [0.3, 0.4) is 0 Å². The van der Waals surface area contributed by atoms with Crippen molar-refractivity contribution in [1.82, 2.24) is 24.4 Å². The number of hydrogen-bond acceptors (Lipinski definition) is 6. The average molecular weight is 430 g/mol. The van der Waals surface area contributed by atoms with Crippen LogP contribution in [0, 0.1) is 6.92 Å². The van der Waals surface area contributed by atoms with E-state index in [0.29, 0.717) is 34.1 Å². The molecule has 1 saturated carbocycles. The van der Waals surface area contributed by atoms with Crippen molar-refractivity contribution in [2.24, 2.45) is 7.05 Å². The van der Waals surface area contributed by atoms with Crippen molar-refractivity contribution in [2.75, 3.05) is 16.4 Å². The van der Waals surface area contributed by atoms with Crippen LogP contribution in [0.4, 0.5) is 22.1 Å². The lowest BCUT2D eigenvalue weighted by Crippen LogP contribution is -2.21. The van der Waals surface area contributed by atoms with E-state index in [2.05, 4.69) is 25.8 Å². The number of aromatic nitrogens is 5. The molecule has 10 heteroatoms. The zero-order valence-corrected chi connectivity index (χ0v) is 17.7. The van der Waals surface area contributed by atoms with Crippen LogP contribution in [-0.2, 0) is 7.05 Å². The minimum atomic E-state index is -0.414. The number of fused-ring (bicyclic) bond motifs is 1. The molecule has 1 aliphatic rings. The zero-order valence-electron chi connectivity index (χ0n) is 17.7. The molecule has 2 amide bonds. The highest BCUT2D eigenvalue weighted by Crippen LogP contribution is 2.39. The molecule has 0 radical (unpaired) electrons. The highest BCUT2D eigenvalue weighted by molar-refractivity contribution is 6.15. The van der Waals surface area contributed by atoms with E-state index in [9.17, 15) is 9.59 Å². The third-order valence-corrected chi connectivity index (χ3v) is 5.52. The maximum Gasteiger partial charge on any atom is 0.324 e. The lowest BCUT2D eigenvalue weighted by Gasteiger charge is -2.09. The Morgan fingerprint density at radius 2 is 1.97 bits per heavy atom. The number of nitrogens with zero attached hydrogens (tertiary/aromatic N) is 5. The first-order valence-electron chi connectivity index (χ1n) is 10.3. The molecule has 1 aliphatic carbocycles. The number of nitrogen functional groups attached to an aromatic ring is 1. The van der Waals surface area contributed by atoms with Crippen LogP contribution in [0.15, 0.2) is 42.7 Å². The molecule has 3 heterocycles. The first-order valence-corrected chi connectivity index (χ1v) is 10.3. The second-order valence-electron chi connectivity index (χ2n) is 7.95. The van der Waals surface area contributed by atoms with Crippen LogP contribution >= 0.6 is 0 Å². The number of rotatable bonds is 5. The van der Waals surface area contributed by atoms with Gasteiger partial charge in [-0.3, -0.25) is 14.8 Å². The summed E-state index contributed by atoms with van der Waals surface area (Å²) in [5, 5.41) is 14.2. The van der Waals surface area contributed by atoms with Gasteiger partial charge in [0.2, 0.25) is 0 Å². The van der Waals surface area contributed by atoms with Gasteiger partial charge in [0.25, 0.3) is 0 Å². The molecular weight excluding hydrogens is 408 g/mol. The summed E-state index contributed by atoms with van der Waals surface area (Å²) in [6.07, 6.45) is 3.62.